The summed E-state index contributed by atoms with van der Waals surface area (Å²) in [5.74, 6) is 0.401. The van der Waals surface area contributed by atoms with Gasteiger partial charge in [-0.1, -0.05) is 63.2 Å². The van der Waals surface area contributed by atoms with Crippen LogP contribution in [0.2, 0.25) is 0 Å². The summed E-state index contributed by atoms with van der Waals surface area (Å²) in [4.78, 5) is 17.8. The minimum Gasteiger partial charge on any atom is -0.406 e. The summed E-state index contributed by atoms with van der Waals surface area (Å²) in [5.41, 5.74) is 1.56. The van der Waals surface area contributed by atoms with Crippen LogP contribution in [0.1, 0.15) is 57.2 Å². The Morgan fingerprint density at radius 1 is 0.974 bits per heavy atom. The van der Waals surface area contributed by atoms with Crippen LogP contribution in [0, 0.1) is 11.3 Å². The molecule has 5 nitrogen and oxygen atoms in total. The van der Waals surface area contributed by atoms with Crippen LogP contribution in [0.4, 0.5) is 13.2 Å². The zero-order chi connectivity index (χ0) is 26.6. The van der Waals surface area contributed by atoms with Crippen LogP contribution in [0.25, 0.3) is 0 Å². The van der Waals surface area contributed by atoms with Gasteiger partial charge in [-0.25, -0.2) is 0 Å². The van der Waals surface area contributed by atoms with Gasteiger partial charge in [0.25, 0.3) is 0 Å². The Labute approximate surface area is 242 Å². The second-order valence-electron chi connectivity index (χ2n) is 11.3. The lowest BCUT2D eigenvalue weighted by Gasteiger charge is -2.49. The number of hydrogen-bond acceptors (Lipinski definition) is 4. The third kappa shape index (κ3) is 9.00. The Balaban J connectivity index is 0.00000267. The molecular formula is C29H40Cl2F3N3O2. The minimum atomic E-state index is -4.75. The molecule has 1 N–H and O–H groups in total. The van der Waals surface area contributed by atoms with E-state index in [4.69, 9.17) is 0 Å². The Morgan fingerprint density at radius 3 is 2.23 bits per heavy atom. The number of piperidine rings is 1. The van der Waals surface area contributed by atoms with Crippen LogP contribution in [0.15, 0.2) is 54.6 Å². The van der Waals surface area contributed by atoms with E-state index in [-0.39, 0.29) is 54.0 Å². The summed E-state index contributed by atoms with van der Waals surface area (Å²) < 4.78 is 43.1. The smallest absolute Gasteiger partial charge is 0.406 e. The van der Waals surface area contributed by atoms with E-state index in [1.54, 1.807) is 6.07 Å². The number of benzene rings is 2. The van der Waals surface area contributed by atoms with Gasteiger partial charge in [0.15, 0.2) is 0 Å². The second-order valence-corrected chi connectivity index (χ2v) is 11.3. The molecule has 39 heavy (non-hydrogen) atoms. The van der Waals surface area contributed by atoms with E-state index in [2.05, 4.69) is 40.6 Å². The van der Waals surface area contributed by atoms with E-state index in [0.29, 0.717) is 32.0 Å². The van der Waals surface area contributed by atoms with Crippen molar-refractivity contribution in [1.82, 2.24) is 15.1 Å². The summed E-state index contributed by atoms with van der Waals surface area (Å²) in [6.07, 6.45) is -2.12. The molecule has 2 aromatic carbocycles. The van der Waals surface area contributed by atoms with Gasteiger partial charge in [0, 0.05) is 32.1 Å². The molecule has 2 aliphatic rings. The number of halogens is 5. The number of nitrogens with one attached hydrogen (secondary N) is 1. The first-order chi connectivity index (χ1) is 17.5. The number of carbonyl (C=O) groups is 1. The summed E-state index contributed by atoms with van der Waals surface area (Å²) >= 11 is 0. The molecule has 4 rings (SSSR count). The van der Waals surface area contributed by atoms with Gasteiger partial charge >= 0.3 is 6.36 Å². The lowest BCUT2D eigenvalue weighted by Crippen LogP contribution is -2.60. The van der Waals surface area contributed by atoms with Crippen molar-refractivity contribution in [1.29, 1.82) is 0 Å². The lowest BCUT2D eigenvalue weighted by atomic mass is 9.82. The number of carbonyl (C=O) groups excluding carboxylic acids is 1. The van der Waals surface area contributed by atoms with Crippen molar-refractivity contribution in [3.8, 4) is 5.75 Å². The van der Waals surface area contributed by atoms with Gasteiger partial charge in [-0.05, 0) is 60.5 Å². The molecular weight excluding hydrogens is 550 g/mol. The third-order valence-corrected chi connectivity index (χ3v) is 7.54. The van der Waals surface area contributed by atoms with Crippen LogP contribution in [-0.4, -0.2) is 60.8 Å². The van der Waals surface area contributed by atoms with E-state index in [9.17, 15) is 18.0 Å². The molecule has 10 heteroatoms. The monoisotopic (exact) mass is 589 g/mol. The average Bonchev–Trinajstić information content (AvgIpc) is 2.84. The maximum Gasteiger partial charge on any atom is 0.573 e. The first-order valence-corrected chi connectivity index (χ1v) is 13.2. The van der Waals surface area contributed by atoms with Crippen molar-refractivity contribution in [3.63, 3.8) is 0 Å². The van der Waals surface area contributed by atoms with Crippen LogP contribution in [0.3, 0.4) is 0 Å². The summed E-state index contributed by atoms with van der Waals surface area (Å²) in [7, 11) is 0. The highest BCUT2D eigenvalue weighted by Crippen LogP contribution is 2.37. The minimum absolute atomic E-state index is 0. The molecule has 0 aromatic heterocycles. The number of rotatable bonds is 6. The number of hydrogen-bond donors (Lipinski definition) is 1. The maximum atomic E-state index is 13.5. The number of ether oxygens (including phenoxy) is 1. The molecule has 2 heterocycles. The van der Waals surface area contributed by atoms with Crippen molar-refractivity contribution < 1.29 is 22.7 Å². The van der Waals surface area contributed by atoms with Crippen LogP contribution < -0.4 is 10.1 Å². The predicted octanol–water partition coefficient (Wildman–Crippen LogP) is 6.47. The van der Waals surface area contributed by atoms with Gasteiger partial charge in [-0.15, -0.1) is 38.0 Å². The van der Waals surface area contributed by atoms with Gasteiger partial charge in [-0.3, -0.25) is 9.69 Å². The fourth-order valence-electron chi connectivity index (χ4n) is 5.66. The number of amides is 1. The molecule has 0 spiro atoms. The Morgan fingerprint density at radius 2 is 1.62 bits per heavy atom. The number of nitrogens with zero attached hydrogens (tertiary/aromatic N) is 2. The van der Waals surface area contributed by atoms with Crippen LogP contribution in [0.5, 0.6) is 5.75 Å². The highest BCUT2D eigenvalue weighted by atomic mass is 35.5. The molecule has 2 atom stereocenters. The average molecular weight is 591 g/mol. The summed E-state index contributed by atoms with van der Waals surface area (Å²) in [5, 5.41) is 3.36. The molecule has 0 bridgehead atoms. The Bertz CT molecular complexity index is 1040. The van der Waals surface area contributed by atoms with Crippen molar-refractivity contribution in [2.75, 3.05) is 32.7 Å². The van der Waals surface area contributed by atoms with E-state index in [1.165, 1.54) is 12.1 Å². The summed E-state index contributed by atoms with van der Waals surface area (Å²) in [6, 6.07) is 15.8. The Kier molecular flexibility index (Phi) is 12.0. The predicted molar refractivity (Wildman–Crippen MR) is 153 cm³/mol. The second kappa shape index (κ2) is 14.1. The van der Waals surface area contributed by atoms with Crippen molar-refractivity contribution in [3.05, 3.63) is 65.7 Å². The number of piperazine rings is 1. The molecule has 2 fully saturated rings. The van der Waals surface area contributed by atoms with Gasteiger partial charge in [0.05, 0.1) is 6.04 Å². The number of alkyl halides is 3. The van der Waals surface area contributed by atoms with E-state index >= 15 is 0 Å². The largest absolute Gasteiger partial charge is 0.573 e. The zero-order valence-corrected chi connectivity index (χ0v) is 24.4. The van der Waals surface area contributed by atoms with Crippen molar-refractivity contribution in [2.45, 2.75) is 58.5 Å². The van der Waals surface area contributed by atoms with Crippen molar-refractivity contribution >= 4 is 30.7 Å². The molecule has 218 valence electrons. The molecule has 0 radical (unpaired) electrons. The first-order valence-electron chi connectivity index (χ1n) is 13.2. The first kappa shape index (κ1) is 33.2. The fraction of sp³-hybridized carbons (Fsp3) is 0.552. The summed E-state index contributed by atoms with van der Waals surface area (Å²) in [6.45, 7) is 10.2. The van der Waals surface area contributed by atoms with Gasteiger partial charge < -0.3 is 15.0 Å². The Hall–Kier alpha value is -2.00. The third-order valence-electron chi connectivity index (χ3n) is 7.54. The van der Waals surface area contributed by atoms with E-state index in [0.717, 1.165) is 37.1 Å². The standard InChI is InChI=1S/C29H38F3N3O2.2ClH/c1-28(2,3)25-20-34(16-17-35(25)26(36)18-21-12-14-33-15-13-21)27(22-8-5-4-6-9-22)23-10-7-11-24(19-23)37-29(30,31)32;;/h4-11,19,21,25,27,33H,12-18,20H2,1-3H3;2*1H/t25-,27?;;/m1../s1. The van der Waals surface area contributed by atoms with E-state index < -0.39 is 6.36 Å². The maximum absolute atomic E-state index is 13.5. The quantitative estimate of drug-likeness (QED) is 0.419. The molecule has 1 amide bonds. The van der Waals surface area contributed by atoms with E-state index in [1.807, 2.05) is 36.4 Å². The zero-order valence-electron chi connectivity index (χ0n) is 22.7. The van der Waals surface area contributed by atoms with Gasteiger partial charge in [0.2, 0.25) is 5.91 Å². The SMILES string of the molecule is CC(C)(C)[C@H]1CN(C(c2ccccc2)c2cccc(OC(F)(F)F)c2)CCN1C(=O)CC1CCNCC1.Cl.Cl. The van der Waals surface area contributed by atoms with Crippen LogP contribution in [-0.2, 0) is 4.79 Å². The van der Waals surface area contributed by atoms with Gasteiger partial charge in [-0.2, -0.15) is 0 Å². The molecule has 2 saturated heterocycles. The topological polar surface area (TPSA) is 44.8 Å². The molecule has 1 unspecified atom stereocenters. The molecule has 0 aliphatic carbocycles. The van der Waals surface area contributed by atoms with Gasteiger partial charge in [0.1, 0.15) is 5.75 Å². The van der Waals surface area contributed by atoms with Crippen LogP contribution >= 0.6 is 24.8 Å². The molecule has 0 saturated carbocycles. The van der Waals surface area contributed by atoms with Crippen molar-refractivity contribution in [2.24, 2.45) is 11.3 Å². The highest BCUT2D eigenvalue weighted by molar-refractivity contribution is 5.85. The highest BCUT2D eigenvalue weighted by Gasteiger charge is 2.41. The molecule has 2 aliphatic heterocycles. The molecule has 2 aromatic rings. The lowest BCUT2D eigenvalue weighted by molar-refractivity contribution is -0.274. The normalized spacial score (nSPS) is 19.9. The fourth-order valence-corrected chi connectivity index (χ4v) is 5.66.